The first kappa shape index (κ1) is 13.1. The van der Waals surface area contributed by atoms with Gasteiger partial charge in [-0.05, 0) is 35.6 Å². The number of hydrogen-bond acceptors (Lipinski definition) is 5. The van der Waals surface area contributed by atoms with E-state index in [0.717, 1.165) is 39.9 Å². The van der Waals surface area contributed by atoms with Gasteiger partial charge < -0.3 is 5.73 Å². The van der Waals surface area contributed by atoms with Crippen LogP contribution in [0.4, 0.5) is 0 Å². The van der Waals surface area contributed by atoms with E-state index < -0.39 is 0 Å². The molecule has 0 saturated heterocycles. The largest absolute Gasteiger partial charge is 0.319 e. The Morgan fingerprint density at radius 3 is 3.00 bits per heavy atom. The van der Waals surface area contributed by atoms with E-state index >= 15 is 0 Å². The molecule has 4 nitrogen and oxygen atoms in total. The third-order valence-electron chi connectivity index (χ3n) is 3.33. The number of para-hydroxylation sites is 1. The van der Waals surface area contributed by atoms with Gasteiger partial charge in [0.05, 0.1) is 22.1 Å². The van der Waals surface area contributed by atoms with Crippen molar-refractivity contribution in [2.75, 3.05) is 0 Å². The molecule has 3 rings (SSSR count). The Kier molecular flexibility index (Phi) is 3.71. The summed E-state index contributed by atoms with van der Waals surface area (Å²) in [5.41, 5.74) is 9.38. The van der Waals surface area contributed by atoms with Crippen molar-refractivity contribution in [1.82, 2.24) is 14.6 Å². The van der Waals surface area contributed by atoms with E-state index in [-0.39, 0.29) is 6.04 Å². The number of fused-ring (bicyclic) bond motifs is 1. The average molecular weight is 284 g/mol. The van der Waals surface area contributed by atoms with Gasteiger partial charge in [-0.2, -0.15) is 0 Å². The fraction of sp³-hybridized carbons (Fsp3) is 0.267. The topological polar surface area (TPSA) is 64.7 Å². The number of benzene rings is 1. The number of rotatable bonds is 4. The third kappa shape index (κ3) is 2.42. The standard InChI is InChI=1S/C15H16N4S/c1-2-5-13-15(20-19-18-13)14(16)11-8-10-6-3-4-7-12(10)17-9-11/h3-4,6-9,14H,2,5,16H2,1H3. The van der Waals surface area contributed by atoms with Gasteiger partial charge in [-0.3, -0.25) is 4.98 Å². The van der Waals surface area contributed by atoms with Crippen LogP contribution in [0.1, 0.15) is 35.5 Å². The van der Waals surface area contributed by atoms with Crippen molar-refractivity contribution in [2.24, 2.45) is 5.73 Å². The fourth-order valence-electron chi connectivity index (χ4n) is 2.27. The van der Waals surface area contributed by atoms with Crippen molar-refractivity contribution in [2.45, 2.75) is 25.8 Å². The molecule has 0 aliphatic rings. The highest BCUT2D eigenvalue weighted by molar-refractivity contribution is 7.05. The summed E-state index contributed by atoms with van der Waals surface area (Å²) in [4.78, 5) is 5.52. The first-order chi connectivity index (χ1) is 9.79. The first-order valence-electron chi connectivity index (χ1n) is 6.71. The van der Waals surface area contributed by atoms with Gasteiger partial charge in [0.15, 0.2) is 0 Å². The third-order valence-corrected chi connectivity index (χ3v) is 4.17. The maximum atomic E-state index is 6.37. The lowest BCUT2D eigenvalue weighted by molar-refractivity contribution is 0.812. The average Bonchev–Trinajstić information content (AvgIpc) is 2.94. The van der Waals surface area contributed by atoms with Crippen molar-refractivity contribution in [3.8, 4) is 0 Å². The molecule has 0 aliphatic heterocycles. The molecule has 0 amide bonds. The maximum absolute atomic E-state index is 6.37. The van der Waals surface area contributed by atoms with Crippen LogP contribution in [-0.2, 0) is 6.42 Å². The van der Waals surface area contributed by atoms with Crippen LogP contribution < -0.4 is 5.73 Å². The second-order valence-electron chi connectivity index (χ2n) is 4.77. The Balaban J connectivity index is 1.99. The molecule has 0 spiro atoms. The van der Waals surface area contributed by atoms with Gasteiger partial charge in [-0.1, -0.05) is 36.0 Å². The lowest BCUT2D eigenvalue weighted by atomic mass is 10.0. The molecule has 2 aromatic heterocycles. The van der Waals surface area contributed by atoms with Gasteiger partial charge in [0.2, 0.25) is 0 Å². The molecule has 102 valence electrons. The summed E-state index contributed by atoms with van der Waals surface area (Å²) in [5.74, 6) is 0. The first-order valence-corrected chi connectivity index (χ1v) is 7.48. The van der Waals surface area contributed by atoms with Crippen molar-refractivity contribution < 1.29 is 0 Å². The molecular formula is C15H16N4S. The van der Waals surface area contributed by atoms with Crippen LogP contribution in [0, 0.1) is 0 Å². The minimum absolute atomic E-state index is 0.200. The minimum Gasteiger partial charge on any atom is -0.319 e. The predicted octanol–water partition coefficient (Wildman–Crippen LogP) is 3.09. The van der Waals surface area contributed by atoms with E-state index in [2.05, 4.69) is 33.6 Å². The molecule has 5 heteroatoms. The highest BCUT2D eigenvalue weighted by Crippen LogP contribution is 2.27. The summed E-state index contributed by atoms with van der Waals surface area (Å²) in [7, 11) is 0. The lowest BCUT2D eigenvalue weighted by Crippen LogP contribution is -2.12. The molecule has 20 heavy (non-hydrogen) atoms. The highest BCUT2D eigenvalue weighted by atomic mass is 32.1. The van der Waals surface area contributed by atoms with E-state index in [1.807, 2.05) is 24.4 Å². The molecule has 0 saturated carbocycles. The molecule has 1 aromatic carbocycles. The van der Waals surface area contributed by atoms with E-state index in [4.69, 9.17) is 5.73 Å². The molecule has 2 heterocycles. The Bertz CT molecular complexity index is 722. The highest BCUT2D eigenvalue weighted by Gasteiger charge is 2.17. The van der Waals surface area contributed by atoms with Gasteiger partial charge in [0.1, 0.15) is 0 Å². The van der Waals surface area contributed by atoms with Crippen LogP contribution >= 0.6 is 11.5 Å². The van der Waals surface area contributed by atoms with Crippen LogP contribution in [0.3, 0.4) is 0 Å². The molecular weight excluding hydrogens is 268 g/mol. The molecule has 0 radical (unpaired) electrons. The van der Waals surface area contributed by atoms with Crippen LogP contribution in [0.25, 0.3) is 10.9 Å². The molecule has 1 unspecified atom stereocenters. The second kappa shape index (κ2) is 5.64. The van der Waals surface area contributed by atoms with E-state index in [0.29, 0.717) is 0 Å². The number of nitrogens with two attached hydrogens (primary N) is 1. The second-order valence-corrected chi connectivity index (χ2v) is 5.56. The molecule has 0 aliphatic carbocycles. The van der Waals surface area contributed by atoms with Crippen LogP contribution in [0.15, 0.2) is 36.5 Å². The van der Waals surface area contributed by atoms with Gasteiger partial charge in [-0.25, -0.2) is 0 Å². The summed E-state index contributed by atoms with van der Waals surface area (Å²) < 4.78 is 4.04. The quantitative estimate of drug-likeness (QED) is 0.799. The van der Waals surface area contributed by atoms with E-state index in [1.165, 1.54) is 11.5 Å². The minimum atomic E-state index is -0.200. The molecule has 1 atom stereocenters. The number of aryl methyl sites for hydroxylation is 1. The van der Waals surface area contributed by atoms with Crippen molar-refractivity contribution in [3.63, 3.8) is 0 Å². The Hall–Kier alpha value is -1.85. The monoisotopic (exact) mass is 284 g/mol. The number of hydrogen-bond donors (Lipinski definition) is 1. The SMILES string of the molecule is CCCc1nnsc1C(N)c1cnc2ccccc2c1. The van der Waals surface area contributed by atoms with Crippen LogP contribution in [0.5, 0.6) is 0 Å². The van der Waals surface area contributed by atoms with Gasteiger partial charge in [-0.15, -0.1) is 5.10 Å². The Morgan fingerprint density at radius 2 is 2.15 bits per heavy atom. The maximum Gasteiger partial charge on any atom is 0.0807 e. The summed E-state index contributed by atoms with van der Waals surface area (Å²) in [6, 6.07) is 9.95. The van der Waals surface area contributed by atoms with E-state index in [9.17, 15) is 0 Å². The van der Waals surface area contributed by atoms with Crippen molar-refractivity contribution >= 4 is 22.4 Å². The molecule has 2 N–H and O–H groups in total. The summed E-state index contributed by atoms with van der Waals surface area (Å²) in [5, 5.41) is 5.29. The van der Waals surface area contributed by atoms with Crippen molar-refractivity contribution in [1.29, 1.82) is 0 Å². The zero-order valence-electron chi connectivity index (χ0n) is 11.3. The zero-order valence-corrected chi connectivity index (χ0v) is 12.1. The van der Waals surface area contributed by atoms with E-state index in [1.54, 1.807) is 0 Å². The van der Waals surface area contributed by atoms with Gasteiger partial charge >= 0.3 is 0 Å². The summed E-state index contributed by atoms with van der Waals surface area (Å²) in [6.45, 7) is 2.13. The predicted molar refractivity (Wildman–Crippen MR) is 81.7 cm³/mol. The number of pyridine rings is 1. The van der Waals surface area contributed by atoms with Crippen LogP contribution in [0.2, 0.25) is 0 Å². The molecule has 0 bridgehead atoms. The van der Waals surface area contributed by atoms with Gasteiger partial charge in [0, 0.05) is 11.6 Å². The number of aromatic nitrogens is 3. The fourth-order valence-corrected chi connectivity index (χ4v) is 3.00. The smallest absolute Gasteiger partial charge is 0.0807 e. The lowest BCUT2D eigenvalue weighted by Gasteiger charge is -2.11. The summed E-state index contributed by atoms with van der Waals surface area (Å²) >= 11 is 1.38. The van der Waals surface area contributed by atoms with Gasteiger partial charge in [0.25, 0.3) is 0 Å². The van der Waals surface area contributed by atoms with Crippen molar-refractivity contribution in [3.05, 3.63) is 52.7 Å². The Morgan fingerprint density at radius 1 is 1.30 bits per heavy atom. The number of nitrogens with zero attached hydrogens (tertiary/aromatic N) is 3. The normalized spacial score (nSPS) is 12.7. The molecule has 3 aromatic rings. The Labute approximate surface area is 121 Å². The molecule has 0 fully saturated rings. The zero-order chi connectivity index (χ0) is 13.9. The van der Waals surface area contributed by atoms with Crippen LogP contribution in [-0.4, -0.2) is 14.6 Å². The summed E-state index contributed by atoms with van der Waals surface area (Å²) in [6.07, 6.45) is 3.81.